The van der Waals surface area contributed by atoms with Crippen molar-refractivity contribution in [2.45, 2.75) is 19.4 Å². The van der Waals surface area contributed by atoms with Crippen LogP contribution in [-0.4, -0.2) is 0 Å². The van der Waals surface area contributed by atoms with E-state index in [4.69, 9.17) is 5.26 Å². The van der Waals surface area contributed by atoms with Crippen molar-refractivity contribution in [3.8, 4) is 6.07 Å². The van der Waals surface area contributed by atoms with Crippen molar-refractivity contribution in [1.82, 2.24) is 0 Å². The highest BCUT2D eigenvalue weighted by Gasteiger charge is 2.10. The van der Waals surface area contributed by atoms with E-state index in [0.717, 1.165) is 16.6 Å². The Morgan fingerprint density at radius 3 is 2.47 bits per heavy atom. The predicted molar refractivity (Wildman–Crippen MR) is 82.0 cm³/mol. The van der Waals surface area contributed by atoms with Crippen LogP contribution in [-0.2, 0) is 0 Å². The molecule has 0 saturated carbocycles. The molecule has 19 heavy (non-hydrogen) atoms. The highest BCUT2D eigenvalue weighted by molar-refractivity contribution is 9.10. The summed E-state index contributed by atoms with van der Waals surface area (Å²) < 4.78 is 1.07. The van der Waals surface area contributed by atoms with Crippen LogP contribution in [0.25, 0.3) is 0 Å². The molecular formula is C16H15BrN2. The molecule has 2 rings (SSSR count). The highest BCUT2D eigenvalue weighted by atomic mass is 79.9. The second-order valence-corrected chi connectivity index (χ2v) is 5.23. The van der Waals surface area contributed by atoms with E-state index in [1.54, 1.807) is 0 Å². The van der Waals surface area contributed by atoms with Crippen LogP contribution in [0.3, 0.4) is 0 Å². The molecule has 0 spiro atoms. The Kier molecular flexibility index (Phi) is 4.59. The van der Waals surface area contributed by atoms with E-state index in [9.17, 15) is 0 Å². The summed E-state index contributed by atoms with van der Waals surface area (Å²) in [6.07, 6.45) is 0.960. The summed E-state index contributed by atoms with van der Waals surface area (Å²) in [7, 11) is 0. The maximum absolute atomic E-state index is 9.11. The van der Waals surface area contributed by atoms with Gasteiger partial charge in [0.15, 0.2) is 0 Å². The smallest absolute Gasteiger partial charge is 0.101 e. The molecule has 1 unspecified atom stereocenters. The third-order valence-corrected chi connectivity index (χ3v) is 3.59. The van der Waals surface area contributed by atoms with Gasteiger partial charge in [-0.3, -0.25) is 0 Å². The molecule has 0 bridgehead atoms. The minimum atomic E-state index is 0.211. The first-order valence-electron chi connectivity index (χ1n) is 6.25. The Hall–Kier alpha value is -1.79. The normalized spacial score (nSPS) is 11.6. The molecule has 0 fully saturated rings. The van der Waals surface area contributed by atoms with Gasteiger partial charge in [0.2, 0.25) is 0 Å². The Bertz CT molecular complexity index is 584. The Balaban J connectivity index is 2.24. The molecule has 0 heterocycles. The Labute approximate surface area is 122 Å². The summed E-state index contributed by atoms with van der Waals surface area (Å²) in [6, 6.07) is 18.3. The van der Waals surface area contributed by atoms with Gasteiger partial charge in [-0.2, -0.15) is 5.26 Å². The molecule has 0 aliphatic rings. The second kappa shape index (κ2) is 6.40. The largest absolute Gasteiger partial charge is 0.377 e. The Morgan fingerprint density at radius 1 is 1.16 bits per heavy atom. The van der Waals surface area contributed by atoms with E-state index >= 15 is 0 Å². The Morgan fingerprint density at radius 2 is 1.84 bits per heavy atom. The molecule has 96 valence electrons. The number of nitriles is 1. The minimum Gasteiger partial charge on any atom is -0.377 e. The first-order valence-corrected chi connectivity index (χ1v) is 7.05. The van der Waals surface area contributed by atoms with Crippen molar-refractivity contribution < 1.29 is 0 Å². The third-order valence-electron chi connectivity index (χ3n) is 3.06. The molecule has 0 aliphatic heterocycles. The van der Waals surface area contributed by atoms with Crippen LogP contribution < -0.4 is 5.32 Å². The van der Waals surface area contributed by atoms with Crippen molar-refractivity contribution in [2.24, 2.45) is 0 Å². The van der Waals surface area contributed by atoms with Gasteiger partial charge in [0.1, 0.15) is 6.07 Å². The molecule has 1 atom stereocenters. The lowest BCUT2D eigenvalue weighted by molar-refractivity contribution is 0.749. The fraction of sp³-hybridized carbons (Fsp3) is 0.188. The fourth-order valence-electron chi connectivity index (χ4n) is 2.01. The molecule has 0 amide bonds. The van der Waals surface area contributed by atoms with Crippen LogP contribution in [0.15, 0.2) is 53.0 Å². The molecule has 0 aromatic heterocycles. The van der Waals surface area contributed by atoms with E-state index in [0.29, 0.717) is 5.56 Å². The summed E-state index contributed by atoms with van der Waals surface area (Å²) in [4.78, 5) is 0. The van der Waals surface area contributed by atoms with Gasteiger partial charge in [-0.25, -0.2) is 0 Å². The van der Waals surface area contributed by atoms with Crippen molar-refractivity contribution >= 4 is 21.6 Å². The van der Waals surface area contributed by atoms with Crippen molar-refractivity contribution in [3.63, 3.8) is 0 Å². The van der Waals surface area contributed by atoms with E-state index in [1.165, 1.54) is 5.56 Å². The monoisotopic (exact) mass is 314 g/mol. The molecule has 0 radical (unpaired) electrons. The van der Waals surface area contributed by atoms with Crippen LogP contribution in [0.5, 0.6) is 0 Å². The van der Waals surface area contributed by atoms with Crippen LogP contribution in [0.2, 0.25) is 0 Å². The lowest BCUT2D eigenvalue weighted by atomic mass is 10.0. The van der Waals surface area contributed by atoms with Gasteiger partial charge in [0.25, 0.3) is 0 Å². The zero-order valence-electron chi connectivity index (χ0n) is 10.7. The zero-order chi connectivity index (χ0) is 13.7. The minimum absolute atomic E-state index is 0.211. The fourth-order valence-corrected chi connectivity index (χ4v) is 2.27. The maximum atomic E-state index is 9.11. The lowest BCUT2D eigenvalue weighted by Crippen LogP contribution is -2.10. The van der Waals surface area contributed by atoms with Gasteiger partial charge in [-0.05, 0) is 36.2 Å². The number of hydrogen-bond donors (Lipinski definition) is 1. The molecule has 1 N–H and O–H groups in total. The zero-order valence-corrected chi connectivity index (χ0v) is 12.3. The molecule has 2 aromatic carbocycles. The maximum Gasteiger partial charge on any atom is 0.101 e. The lowest BCUT2D eigenvalue weighted by Gasteiger charge is -2.19. The summed E-state index contributed by atoms with van der Waals surface area (Å²) in [5, 5.41) is 12.6. The van der Waals surface area contributed by atoms with E-state index in [-0.39, 0.29) is 6.04 Å². The van der Waals surface area contributed by atoms with Gasteiger partial charge in [0, 0.05) is 4.47 Å². The SMILES string of the molecule is CCC(Nc1ccccc1C#N)c1ccc(Br)cc1. The average molecular weight is 315 g/mol. The van der Waals surface area contributed by atoms with Gasteiger partial charge in [0.05, 0.1) is 17.3 Å². The number of halogens is 1. The van der Waals surface area contributed by atoms with Crippen molar-refractivity contribution in [1.29, 1.82) is 5.26 Å². The number of anilines is 1. The number of hydrogen-bond acceptors (Lipinski definition) is 2. The quantitative estimate of drug-likeness (QED) is 0.872. The van der Waals surface area contributed by atoms with Gasteiger partial charge >= 0.3 is 0 Å². The first-order chi connectivity index (χ1) is 9.24. The van der Waals surface area contributed by atoms with Crippen molar-refractivity contribution in [2.75, 3.05) is 5.32 Å². The van der Waals surface area contributed by atoms with Crippen molar-refractivity contribution in [3.05, 3.63) is 64.1 Å². The third kappa shape index (κ3) is 3.36. The van der Waals surface area contributed by atoms with E-state index in [1.807, 2.05) is 36.4 Å². The van der Waals surface area contributed by atoms with Gasteiger partial charge in [-0.1, -0.05) is 47.1 Å². The number of nitrogens with one attached hydrogen (secondary N) is 1. The number of para-hydroxylation sites is 1. The highest BCUT2D eigenvalue weighted by Crippen LogP contribution is 2.25. The molecule has 2 aromatic rings. The predicted octanol–water partition coefficient (Wildman–Crippen LogP) is 4.88. The molecule has 0 saturated heterocycles. The number of nitrogens with zero attached hydrogens (tertiary/aromatic N) is 1. The average Bonchev–Trinajstić information content (AvgIpc) is 2.46. The number of rotatable bonds is 4. The van der Waals surface area contributed by atoms with E-state index < -0.39 is 0 Å². The van der Waals surface area contributed by atoms with Gasteiger partial charge < -0.3 is 5.32 Å². The van der Waals surface area contributed by atoms with Crippen LogP contribution in [0.1, 0.15) is 30.5 Å². The summed E-state index contributed by atoms with van der Waals surface area (Å²) in [5.41, 5.74) is 2.79. The number of benzene rings is 2. The molecule has 2 nitrogen and oxygen atoms in total. The van der Waals surface area contributed by atoms with Crippen LogP contribution in [0, 0.1) is 11.3 Å². The molecule has 0 aliphatic carbocycles. The summed E-state index contributed by atoms with van der Waals surface area (Å²) in [5.74, 6) is 0. The summed E-state index contributed by atoms with van der Waals surface area (Å²) >= 11 is 3.44. The topological polar surface area (TPSA) is 35.8 Å². The standard InChI is InChI=1S/C16H15BrN2/c1-2-15(12-7-9-14(17)10-8-12)19-16-6-4-3-5-13(16)11-18/h3-10,15,19H,2H2,1H3. The van der Waals surface area contributed by atoms with Gasteiger partial charge in [-0.15, -0.1) is 0 Å². The summed E-state index contributed by atoms with van der Waals surface area (Å²) in [6.45, 7) is 2.13. The van der Waals surface area contributed by atoms with E-state index in [2.05, 4.69) is 46.4 Å². The van der Waals surface area contributed by atoms with Crippen LogP contribution in [0.4, 0.5) is 5.69 Å². The molecular weight excluding hydrogens is 300 g/mol. The van der Waals surface area contributed by atoms with Crippen LogP contribution >= 0.6 is 15.9 Å². The molecule has 3 heteroatoms. The second-order valence-electron chi connectivity index (χ2n) is 4.31. The first kappa shape index (κ1) is 13.6.